The highest BCUT2D eigenvalue weighted by Crippen LogP contribution is 2.58. The van der Waals surface area contributed by atoms with Crippen molar-refractivity contribution in [1.29, 1.82) is 0 Å². The molecule has 0 bridgehead atoms. The van der Waals surface area contributed by atoms with Gasteiger partial charge in [-0.2, -0.15) is 0 Å². The van der Waals surface area contributed by atoms with Gasteiger partial charge in [-0.05, 0) is 50.5 Å². The molecule has 3 amide bonds. The highest BCUT2D eigenvalue weighted by Gasteiger charge is 2.75. The number of carbonyl (C=O) groups excluding carboxylic acids is 3. The van der Waals surface area contributed by atoms with E-state index in [9.17, 15) is 19.5 Å². The summed E-state index contributed by atoms with van der Waals surface area (Å²) in [5.74, 6) is -1.54. The van der Waals surface area contributed by atoms with Crippen LogP contribution in [0, 0.1) is 11.8 Å². The number of anilines is 1. The van der Waals surface area contributed by atoms with Gasteiger partial charge in [-0.15, -0.1) is 0 Å². The molecule has 6 rings (SSSR count). The first-order chi connectivity index (χ1) is 21.9. The first kappa shape index (κ1) is 31.7. The molecule has 0 radical (unpaired) electrons. The average molecular weight is 623 g/mol. The van der Waals surface area contributed by atoms with E-state index in [0.717, 1.165) is 18.8 Å². The van der Waals surface area contributed by atoms with Crippen molar-refractivity contribution in [2.24, 2.45) is 11.8 Å². The van der Waals surface area contributed by atoms with Gasteiger partial charge in [-0.1, -0.05) is 31.2 Å². The Morgan fingerprint density at radius 1 is 0.889 bits per heavy atom. The standard InChI is InChI=1S/C34H46N4O7/c1-3-33-13-7-17-37(25-9-11-26(12-10-25)44-4-2)30(40)27(33)28-31(41)38(16-5-6-22-39)29-32(42)36(15-8-14-34(28,29)45-33)19-18-35-20-23-43-24-21-35/h7-14,27-29,39H,3-6,15-24H2,1-2H3/t27-,28+,29?,33+,34+/m1/s1. The van der Waals surface area contributed by atoms with Gasteiger partial charge in [0.15, 0.2) is 0 Å². The molecule has 1 aromatic carbocycles. The van der Waals surface area contributed by atoms with Crippen molar-refractivity contribution in [3.8, 4) is 5.75 Å². The van der Waals surface area contributed by atoms with E-state index in [0.29, 0.717) is 77.5 Å². The van der Waals surface area contributed by atoms with Crippen molar-refractivity contribution in [3.05, 3.63) is 48.6 Å². The predicted octanol–water partition coefficient (Wildman–Crippen LogP) is 1.85. The van der Waals surface area contributed by atoms with E-state index >= 15 is 0 Å². The van der Waals surface area contributed by atoms with E-state index in [2.05, 4.69) is 4.90 Å². The highest BCUT2D eigenvalue weighted by atomic mass is 16.5. The van der Waals surface area contributed by atoms with Gasteiger partial charge in [0.1, 0.15) is 17.4 Å². The molecule has 1 unspecified atom stereocenters. The number of carbonyl (C=O) groups is 3. The summed E-state index contributed by atoms with van der Waals surface area (Å²) in [5, 5.41) is 9.51. The normalized spacial score (nSPS) is 31.6. The van der Waals surface area contributed by atoms with Gasteiger partial charge < -0.3 is 34.0 Å². The van der Waals surface area contributed by atoms with Crippen molar-refractivity contribution in [2.45, 2.75) is 50.4 Å². The summed E-state index contributed by atoms with van der Waals surface area (Å²) in [6.45, 7) is 9.73. The second-order valence-electron chi connectivity index (χ2n) is 12.5. The summed E-state index contributed by atoms with van der Waals surface area (Å²) in [6.07, 6.45) is 9.29. The van der Waals surface area contributed by atoms with Gasteiger partial charge in [-0.25, -0.2) is 0 Å². The van der Waals surface area contributed by atoms with Gasteiger partial charge in [0.25, 0.3) is 0 Å². The third-order valence-electron chi connectivity index (χ3n) is 10.1. The maximum Gasteiger partial charge on any atom is 0.249 e. The fourth-order valence-electron chi connectivity index (χ4n) is 7.85. The summed E-state index contributed by atoms with van der Waals surface area (Å²) in [6, 6.07) is 6.52. The molecule has 45 heavy (non-hydrogen) atoms. The number of hydrogen-bond acceptors (Lipinski definition) is 8. The molecule has 5 heterocycles. The van der Waals surface area contributed by atoms with Crippen LogP contribution in [0.15, 0.2) is 48.6 Å². The molecule has 1 spiro atoms. The van der Waals surface area contributed by atoms with Crippen molar-refractivity contribution >= 4 is 23.4 Å². The molecular formula is C34H46N4O7. The zero-order chi connectivity index (χ0) is 31.6. The number of morpholine rings is 1. The molecule has 0 aromatic heterocycles. The summed E-state index contributed by atoms with van der Waals surface area (Å²) in [7, 11) is 0. The zero-order valence-electron chi connectivity index (χ0n) is 26.4. The summed E-state index contributed by atoms with van der Waals surface area (Å²) < 4.78 is 18.2. The van der Waals surface area contributed by atoms with E-state index in [4.69, 9.17) is 14.2 Å². The van der Waals surface area contributed by atoms with Crippen LogP contribution in [0.2, 0.25) is 0 Å². The number of nitrogens with zero attached hydrogens (tertiary/aromatic N) is 4. The largest absolute Gasteiger partial charge is 0.494 e. The minimum atomic E-state index is -1.29. The Morgan fingerprint density at radius 2 is 1.64 bits per heavy atom. The molecule has 11 heteroatoms. The number of likely N-dealkylation sites (tertiary alicyclic amines) is 1. The third kappa shape index (κ3) is 5.58. The Hall–Kier alpha value is -3.25. The van der Waals surface area contributed by atoms with Crippen LogP contribution in [0.4, 0.5) is 5.69 Å². The maximum absolute atomic E-state index is 14.7. The number of rotatable bonds is 11. The lowest BCUT2D eigenvalue weighted by Crippen LogP contribution is -2.57. The topological polar surface area (TPSA) is 112 Å². The van der Waals surface area contributed by atoms with Gasteiger partial charge in [-0.3, -0.25) is 19.3 Å². The maximum atomic E-state index is 14.7. The fourth-order valence-corrected chi connectivity index (χ4v) is 7.85. The van der Waals surface area contributed by atoms with Crippen LogP contribution in [-0.2, 0) is 23.9 Å². The molecule has 5 atom stereocenters. The molecule has 0 aliphatic carbocycles. The lowest BCUT2D eigenvalue weighted by molar-refractivity contribution is -0.152. The minimum Gasteiger partial charge on any atom is -0.494 e. The number of benzene rings is 1. The van der Waals surface area contributed by atoms with Gasteiger partial charge in [0, 0.05) is 58.1 Å². The van der Waals surface area contributed by atoms with Crippen LogP contribution >= 0.6 is 0 Å². The second kappa shape index (κ2) is 13.2. The molecule has 3 saturated heterocycles. The van der Waals surface area contributed by atoms with Crippen molar-refractivity contribution in [1.82, 2.24) is 14.7 Å². The lowest BCUT2D eigenvalue weighted by atomic mass is 9.73. The molecule has 11 nitrogen and oxygen atoms in total. The van der Waals surface area contributed by atoms with Crippen molar-refractivity contribution in [2.75, 3.05) is 77.1 Å². The highest BCUT2D eigenvalue weighted by molar-refractivity contribution is 6.04. The van der Waals surface area contributed by atoms with Crippen LogP contribution in [0.25, 0.3) is 0 Å². The smallest absolute Gasteiger partial charge is 0.249 e. The van der Waals surface area contributed by atoms with Crippen LogP contribution in [0.3, 0.4) is 0 Å². The molecule has 1 N–H and O–H groups in total. The third-order valence-corrected chi connectivity index (χ3v) is 10.1. The predicted molar refractivity (Wildman–Crippen MR) is 168 cm³/mol. The molecule has 5 aliphatic rings. The number of unbranched alkanes of at least 4 members (excludes halogenated alkanes) is 1. The fraction of sp³-hybridized carbons (Fsp3) is 0.618. The van der Waals surface area contributed by atoms with Crippen LogP contribution in [0.1, 0.15) is 33.1 Å². The molecule has 1 aromatic rings. The molecule has 5 aliphatic heterocycles. The van der Waals surface area contributed by atoms with E-state index in [-0.39, 0.29) is 24.3 Å². The molecular weight excluding hydrogens is 576 g/mol. The average Bonchev–Trinajstić information content (AvgIpc) is 3.34. The Balaban J connectivity index is 1.36. The zero-order valence-corrected chi connectivity index (χ0v) is 26.4. The van der Waals surface area contributed by atoms with E-state index in [1.54, 1.807) is 9.80 Å². The minimum absolute atomic E-state index is 0.000804. The quantitative estimate of drug-likeness (QED) is 0.294. The van der Waals surface area contributed by atoms with Crippen molar-refractivity contribution < 1.29 is 33.7 Å². The summed E-state index contributed by atoms with van der Waals surface area (Å²) >= 11 is 0. The molecule has 0 saturated carbocycles. The Labute approximate surface area is 265 Å². The number of aliphatic hydroxyl groups excluding tert-OH is 1. The monoisotopic (exact) mass is 622 g/mol. The first-order valence-electron chi connectivity index (χ1n) is 16.5. The number of ether oxygens (including phenoxy) is 3. The number of hydrogen-bond donors (Lipinski definition) is 1. The molecule has 244 valence electrons. The van der Waals surface area contributed by atoms with Gasteiger partial charge >= 0.3 is 0 Å². The van der Waals surface area contributed by atoms with Crippen LogP contribution in [-0.4, -0.2) is 127 Å². The van der Waals surface area contributed by atoms with E-state index < -0.39 is 29.1 Å². The van der Waals surface area contributed by atoms with Gasteiger partial charge in [0.05, 0.1) is 37.3 Å². The van der Waals surface area contributed by atoms with Crippen LogP contribution < -0.4 is 9.64 Å². The van der Waals surface area contributed by atoms with Gasteiger partial charge in [0.2, 0.25) is 17.7 Å². The SMILES string of the molecule is CCOc1ccc(N2CC=C[C@]3(CC)O[C@]45C=CCN(CCN6CCOCC6)C(=O)C4N(CCCCO)C(=O)[C@@H]5[C@@H]3C2=O)cc1. The molecule has 3 fully saturated rings. The summed E-state index contributed by atoms with van der Waals surface area (Å²) in [4.78, 5) is 51.3. The Morgan fingerprint density at radius 3 is 2.36 bits per heavy atom. The Kier molecular flexibility index (Phi) is 9.33. The Bertz CT molecular complexity index is 1310. The lowest BCUT2D eigenvalue weighted by Gasteiger charge is -2.39. The second-order valence-corrected chi connectivity index (χ2v) is 12.5. The van der Waals surface area contributed by atoms with Crippen molar-refractivity contribution in [3.63, 3.8) is 0 Å². The summed E-state index contributed by atoms with van der Waals surface area (Å²) in [5.41, 5.74) is -1.62. The van der Waals surface area contributed by atoms with Crippen LogP contribution in [0.5, 0.6) is 5.75 Å². The number of fused-ring (bicyclic) bond motifs is 2. The van der Waals surface area contributed by atoms with E-state index in [1.165, 1.54) is 0 Å². The number of aliphatic hydroxyl groups is 1. The number of amides is 3. The first-order valence-corrected chi connectivity index (χ1v) is 16.5. The van der Waals surface area contributed by atoms with E-state index in [1.807, 2.05) is 67.3 Å².